The van der Waals surface area contributed by atoms with Gasteiger partial charge >= 0.3 is 0 Å². The van der Waals surface area contributed by atoms with Gasteiger partial charge in [0, 0.05) is 17.5 Å². The molecule has 0 aliphatic carbocycles. The van der Waals surface area contributed by atoms with Crippen molar-refractivity contribution < 1.29 is 18.4 Å². The zero-order valence-electron chi connectivity index (χ0n) is 12.8. The van der Waals surface area contributed by atoms with Gasteiger partial charge in [-0.3, -0.25) is 14.9 Å². The summed E-state index contributed by atoms with van der Waals surface area (Å²) in [6.07, 6.45) is -0.552. The molecule has 1 aliphatic rings. The number of halogens is 2. The maximum atomic E-state index is 13.1. The van der Waals surface area contributed by atoms with Crippen LogP contribution in [0.15, 0.2) is 42.5 Å². The quantitative estimate of drug-likeness (QED) is 0.800. The van der Waals surface area contributed by atoms with E-state index in [1.54, 1.807) is 6.07 Å². The summed E-state index contributed by atoms with van der Waals surface area (Å²) in [6, 6.07) is 12.1. The van der Waals surface area contributed by atoms with Gasteiger partial charge in [-0.1, -0.05) is 36.4 Å². The van der Waals surface area contributed by atoms with Gasteiger partial charge in [0.2, 0.25) is 11.8 Å². The van der Waals surface area contributed by atoms with Crippen molar-refractivity contribution in [2.45, 2.75) is 18.4 Å². The van der Waals surface area contributed by atoms with Gasteiger partial charge in [0.1, 0.15) is 0 Å². The Bertz CT molecular complexity index is 774. The molecule has 2 aromatic carbocycles. The first-order valence-electron chi connectivity index (χ1n) is 7.61. The second-order valence-electron chi connectivity index (χ2n) is 5.79. The first kappa shape index (κ1) is 16.3. The first-order chi connectivity index (χ1) is 11.4. The molecule has 24 heavy (non-hydrogen) atoms. The molecule has 0 bridgehead atoms. The van der Waals surface area contributed by atoms with E-state index in [1.807, 2.05) is 36.4 Å². The van der Waals surface area contributed by atoms with Gasteiger partial charge in [0.25, 0.3) is 5.92 Å². The fraction of sp³-hybridized carbons (Fsp3) is 0.294. The van der Waals surface area contributed by atoms with E-state index in [0.717, 1.165) is 10.8 Å². The van der Waals surface area contributed by atoms with Crippen LogP contribution in [0.2, 0.25) is 0 Å². The Hall–Kier alpha value is -2.54. The summed E-state index contributed by atoms with van der Waals surface area (Å²) in [5, 5.41) is 9.43. The maximum absolute atomic E-state index is 13.1. The second kappa shape index (κ2) is 6.52. The Morgan fingerprint density at radius 2 is 1.92 bits per heavy atom. The Morgan fingerprint density at radius 1 is 1.17 bits per heavy atom. The van der Waals surface area contributed by atoms with E-state index in [-0.39, 0.29) is 6.54 Å². The molecule has 1 unspecified atom stereocenters. The molecule has 2 aromatic rings. The van der Waals surface area contributed by atoms with Crippen LogP contribution in [-0.4, -0.2) is 36.9 Å². The molecule has 0 radical (unpaired) electrons. The van der Waals surface area contributed by atoms with Crippen LogP contribution in [0.25, 0.3) is 10.8 Å². The van der Waals surface area contributed by atoms with E-state index in [4.69, 9.17) is 0 Å². The Morgan fingerprint density at radius 3 is 2.67 bits per heavy atom. The number of anilines is 1. The highest BCUT2D eigenvalue weighted by Crippen LogP contribution is 2.25. The molecule has 0 saturated carbocycles. The second-order valence-corrected chi connectivity index (χ2v) is 5.79. The van der Waals surface area contributed by atoms with Crippen molar-refractivity contribution in [2.75, 3.05) is 18.4 Å². The Balaban J connectivity index is 1.57. The van der Waals surface area contributed by atoms with Crippen LogP contribution < -0.4 is 16.0 Å². The Labute approximate surface area is 137 Å². The topological polar surface area (TPSA) is 70.2 Å². The largest absolute Gasteiger partial charge is 0.346 e. The third-order valence-corrected chi connectivity index (χ3v) is 3.91. The van der Waals surface area contributed by atoms with Gasteiger partial charge in [-0.05, 0) is 11.5 Å². The molecule has 7 heteroatoms. The van der Waals surface area contributed by atoms with Crippen LogP contribution in [0.1, 0.15) is 6.42 Å². The maximum Gasteiger partial charge on any atom is 0.262 e. The third-order valence-electron chi connectivity index (χ3n) is 3.91. The molecule has 3 N–H and O–H groups in total. The number of rotatable bonds is 4. The van der Waals surface area contributed by atoms with Crippen molar-refractivity contribution in [2.24, 2.45) is 0 Å². The number of amides is 2. The van der Waals surface area contributed by atoms with Gasteiger partial charge in [0.15, 0.2) is 0 Å². The monoisotopic (exact) mass is 333 g/mol. The third kappa shape index (κ3) is 3.68. The summed E-state index contributed by atoms with van der Waals surface area (Å²) in [4.78, 5) is 23.8. The molecule has 1 heterocycles. The highest BCUT2D eigenvalue weighted by Gasteiger charge is 2.42. The lowest BCUT2D eigenvalue weighted by atomic mass is 10.1. The fourth-order valence-electron chi connectivity index (χ4n) is 2.72. The standard InChI is InChI=1S/C17H17F2N3O2/c18-17(19)8-14(21-10-17)16(24)20-9-15(23)22-13-7-3-5-11-4-1-2-6-12(11)13/h1-7,14,21H,8-10H2,(H,20,24)(H,22,23). The smallest absolute Gasteiger partial charge is 0.262 e. The molecule has 3 rings (SSSR count). The van der Waals surface area contributed by atoms with E-state index in [9.17, 15) is 18.4 Å². The molecule has 1 atom stereocenters. The highest BCUT2D eigenvalue weighted by atomic mass is 19.3. The Kier molecular flexibility index (Phi) is 4.44. The molecule has 0 spiro atoms. The number of carbonyl (C=O) groups is 2. The molecule has 0 aromatic heterocycles. The predicted molar refractivity (Wildman–Crippen MR) is 86.9 cm³/mol. The van der Waals surface area contributed by atoms with E-state index in [2.05, 4.69) is 16.0 Å². The number of fused-ring (bicyclic) bond motifs is 1. The van der Waals surface area contributed by atoms with E-state index in [1.165, 1.54) is 0 Å². The normalized spacial score (nSPS) is 19.2. The van der Waals surface area contributed by atoms with Gasteiger partial charge < -0.3 is 10.6 Å². The molecular formula is C17H17F2N3O2. The zero-order chi connectivity index (χ0) is 17.2. The van der Waals surface area contributed by atoms with E-state index < -0.39 is 36.7 Å². The number of carbonyl (C=O) groups excluding carboxylic acids is 2. The summed E-state index contributed by atoms with van der Waals surface area (Å²) in [7, 11) is 0. The average Bonchev–Trinajstić information content (AvgIpc) is 2.93. The van der Waals surface area contributed by atoms with E-state index >= 15 is 0 Å². The molecule has 126 valence electrons. The lowest BCUT2D eigenvalue weighted by Gasteiger charge is -2.12. The van der Waals surface area contributed by atoms with Crippen LogP contribution in [0.3, 0.4) is 0 Å². The van der Waals surface area contributed by atoms with Crippen LogP contribution >= 0.6 is 0 Å². The lowest BCUT2D eigenvalue weighted by Crippen LogP contribution is -2.43. The number of hydrogen-bond acceptors (Lipinski definition) is 3. The van der Waals surface area contributed by atoms with Crippen molar-refractivity contribution in [3.63, 3.8) is 0 Å². The molecule has 1 fully saturated rings. The van der Waals surface area contributed by atoms with Crippen molar-refractivity contribution in [1.29, 1.82) is 0 Å². The van der Waals surface area contributed by atoms with Crippen molar-refractivity contribution >= 4 is 28.3 Å². The van der Waals surface area contributed by atoms with Crippen molar-refractivity contribution in [3.05, 3.63) is 42.5 Å². The molecule has 5 nitrogen and oxygen atoms in total. The molecule has 1 aliphatic heterocycles. The SMILES string of the molecule is O=C(CNC(=O)C1CC(F)(F)CN1)Nc1cccc2ccccc12. The minimum atomic E-state index is -2.88. The van der Waals surface area contributed by atoms with E-state index in [0.29, 0.717) is 5.69 Å². The number of alkyl halides is 2. The highest BCUT2D eigenvalue weighted by molar-refractivity contribution is 6.03. The van der Waals surface area contributed by atoms with Gasteiger partial charge in [-0.25, -0.2) is 8.78 Å². The fourth-order valence-corrected chi connectivity index (χ4v) is 2.72. The molecule has 2 amide bonds. The summed E-state index contributed by atoms with van der Waals surface area (Å²) in [5.41, 5.74) is 0.637. The summed E-state index contributed by atoms with van der Waals surface area (Å²) in [6.45, 7) is -0.793. The number of benzene rings is 2. The summed E-state index contributed by atoms with van der Waals surface area (Å²) >= 11 is 0. The summed E-state index contributed by atoms with van der Waals surface area (Å²) in [5.74, 6) is -3.89. The van der Waals surface area contributed by atoms with Crippen molar-refractivity contribution in [3.8, 4) is 0 Å². The van der Waals surface area contributed by atoms with Crippen LogP contribution in [0, 0.1) is 0 Å². The number of hydrogen-bond donors (Lipinski definition) is 3. The average molecular weight is 333 g/mol. The van der Waals surface area contributed by atoms with Crippen LogP contribution in [0.5, 0.6) is 0 Å². The molecule has 1 saturated heterocycles. The molecular weight excluding hydrogens is 316 g/mol. The van der Waals surface area contributed by atoms with Crippen molar-refractivity contribution in [1.82, 2.24) is 10.6 Å². The number of nitrogens with one attached hydrogen (secondary N) is 3. The van der Waals surface area contributed by atoms with Gasteiger partial charge in [0.05, 0.1) is 19.1 Å². The van der Waals surface area contributed by atoms with Gasteiger partial charge in [-0.15, -0.1) is 0 Å². The van der Waals surface area contributed by atoms with Crippen LogP contribution in [0.4, 0.5) is 14.5 Å². The summed E-state index contributed by atoms with van der Waals surface area (Å²) < 4.78 is 26.1. The zero-order valence-corrected chi connectivity index (χ0v) is 12.8. The minimum absolute atomic E-state index is 0.272. The first-order valence-corrected chi connectivity index (χ1v) is 7.61. The lowest BCUT2D eigenvalue weighted by molar-refractivity contribution is -0.125. The predicted octanol–water partition coefficient (Wildman–Crippen LogP) is 1.89. The minimum Gasteiger partial charge on any atom is -0.346 e. The van der Waals surface area contributed by atoms with Gasteiger partial charge in [-0.2, -0.15) is 0 Å². The van der Waals surface area contributed by atoms with Crippen LogP contribution in [-0.2, 0) is 9.59 Å².